The Morgan fingerprint density at radius 1 is 1.37 bits per heavy atom. The van der Waals surface area contributed by atoms with E-state index >= 15 is 0 Å². The number of aromatic nitrogens is 2. The van der Waals surface area contributed by atoms with E-state index in [9.17, 15) is 4.79 Å². The quantitative estimate of drug-likeness (QED) is 0.298. The summed E-state index contributed by atoms with van der Waals surface area (Å²) >= 11 is 0. The van der Waals surface area contributed by atoms with Gasteiger partial charge < -0.3 is 4.74 Å². The summed E-state index contributed by atoms with van der Waals surface area (Å²) in [6.45, 7) is 9.26. The smallest absolute Gasteiger partial charge is 0.330 e. The monoisotopic (exact) mass is 265 g/mol. The molecule has 0 aliphatic rings. The molecule has 0 aliphatic heterocycles. The number of hydrogen-bond acceptors (Lipinski definition) is 2. The molecule has 0 saturated carbocycles. The van der Waals surface area contributed by atoms with Gasteiger partial charge in [0.05, 0.1) is 19.2 Å². The van der Waals surface area contributed by atoms with Crippen LogP contribution in [0.15, 0.2) is 31.4 Å². The zero-order valence-electron chi connectivity index (χ0n) is 12.0. The Kier molecular flexibility index (Phi) is 6.93. The van der Waals surface area contributed by atoms with E-state index in [-0.39, 0.29) is 5.97 Å². The average Bonchev–Trinajstić information content (AvgIpc) is 2.86. The maximum Gasteiger partial charge on any atom is 0.330 e. The second-order valence-corrected chi connectivity index (χ2v) is 4.98. The third kappa shape index (κ3) is 6.22. The van der Waals surface area contributed by atoms with E-state index in [2.05, 4.69) is 48.3 Å². The van der Waals surface area contributed by atoms with Crippen LogP contribution in [0.3, 0.4) is 0 Å². The van der Waals surface area contributed by atoms with Gasteiger partial charge in [0.2, 0.25) is 6.33 Å². The molecule has 0 radical (unpaired) electrons. The Balaban J connectivity index is 2.04. The maximum absolute atomic E-state index is 10.8. The van der Waals surface area contributed by atoms with Crippen LogP contribution in [-0.4, -0.2) is 17.1 Å². The molecular weight excluding hydrogens is 240 g/mol. The number of esters is 1. The summed E-state index contributed by atoms with van der Waals surface area (Å²) in [5.74, 6) is -0.328. The van der Waals surface area contributed by atoms with Crippen molar-refractivity contribution < 1.29 is 14.1 Å². The molecule has 0 fully saturated rings. The van der Waals surface area contributed by atoms with Crippen LogP contribution in [0.25, 0.3) is 0 Å². The fourth-order valence-corrected chi connectivity index (χ4v) is 1.83. The second kappa shape index (κ2) is 8.51. The Morgan fingerprint density at radius 2 is 2.11 bits per heavy atom. The third-order valence-electron chi connectivity index (χ3n) is 3.03. The number of aryl methyl sites for hydroxylation is 1. The van der Waals surface area contributed by atoms with Crippen molar-refractivity contribution in [3.05, 3.63) is 31.4 Å². The Bertz CT molecular complexity index is 397. The Morgan fingerprint density at radius 3 is 2.74 bits per heavy atom. The molecule has 19 heavy (non-hydrogen) atoms. The van der Waals surface area contributed by atoms with Crippen LogP contribution in [0.4, 0.5) is 0 Å². The summed E-state index contributed by atoms with van der Waals surface area (Å²) in [6.07, 6.45) is 11.9. The normalized spacial score (nSPS) is 10.7. The predicted molar refractivity (Wildman–Crippen MR) is 74.6 cm³/mol. The molecule has 4 heteroatoms. The molecule has 0 N–H and O–H groups in total. The number of rotatable bonds is 9. The fourth-order valence-electron chi connectivity index (χ4n) is 1.83. The summed E-state index contributed by atoms with van der Waals surface area (Å²) in [7, 11) is 0. The van der Waals surface area contributed by atoms with E-state index in [0.717, 1.165) is 32.2 Å². The lowest BCUT2D eigenvalue weighted by molar-refractivity contribution is -0.697. The zero-order chi connectivity index (χ0) is 14.1. The van der Waals surface area contributed by atoms with E-state index in [4.69, 9.17) is 4.74 Å². The second-order valence-electron chi connectivity index (χ2n) is 4.98. The highest BCUT2D eigenvalue weighted by Crippen LogP contribution is 2.02. The first-order chi connectivity index (χ1) is 9.13. The van der Waals surface area contributed by atoms with Gasteiger partial charge >= 0.3 is 5.97 Å². The average molecular weight is 265 g/mol. The molecule has 0 amide bonds. The van der Waals surface area contributed by atoms with Gasteiger partial charge in [-0.1, -0.05) is 6.58 Å². The lowest BCUT2D eigenvalue weighted by Crippen LogP contribution is -2.31. The summed E-state index contributed by atoms with van der Waals surface area (Å²) in [5, 5.41) is 0. The van der Waals surface area contributed by atoms with Crippen LogP contribution in [0.5, 0.6) is 0 Å². The van der Waals surface area contributed by atoms with Crippen molar-refractivity contribution in [3.8, 4) is 0 Å². The molecular formula is C15H25N2O2+. The molecule has 106 valence electrons. The number of hydrogen-bond donors (Lipinski definition) is 0. The summed E-state index contributed by atoms with van der Waals surface area (Å²) in [4.78, 5) is 10.8. The number of unbranched alkanes of at least 4 members (excludes halogenated alkanes) is 3. The van der Waals surface area contributed by atoms with E-state index < -0.39 is 0 Å². The molecule has 1 heterocycles. The van der Waals surface area contributed by atoms with Gasteiger partial charge in [0.25, 0.3) is 0 Å². The van der Waals surface area contributed by atoms with Gasteiger partial charge in [0.1, 0.15) is 12.4 Å². The van der Waals surface area contributed by atoms with Crippen molar-refractivity contribution in [2.24, 2.45) is 0 Å². The maximum atomic E-state index is 10.8. The summed E-state index contributed by atoms with van der Waals surface area (Å²) in [5.41, 5.74) is 0. The van der Waals surface area contributed by atoms with Crippen LogP contribution in [0.2, 0.25) is 0 Å². The lowest BCUT2D eigenvalue weighted by atomic mass is 10.2. The van der Waals surface area contributed by atoms with Gasteiger partial charge in [0, 0.05) is 6.08 Å². The van der Waals surface area contributed by atoms with E-state index in [1.165, 1.54) is 6.08 Å². The molecule has 0 spiro atoms. The minimum Gasteiger partial charge on any atom is -0.463 e. The van der Waals surface area contributed by atoms with Crippen molar-refractivity contribution in [1.82, 2.24) is 4.57 Å². The van der Waals surface area contributed by atoms with Gasteiger partial charge in [-0.15, -0.1) is 0 Å². The zero-order valence-corrected chi connectivity index (χ0v) is 12.0. The molecule has 0 unspecified atom stereocenters. The molecule has 1 rings (SSSR count). The Hall–Kier alpha value is -1.58. The van der Waals surface area contributed by atoms with Crippen LogP contribution in [0, 0.1) is 0 Å². The largest absolute Gasteiger partial charge is 0.463 e. The molecule has 0 saturated heterocycles. The highest BCUT2D eigenvalue weighted by atomic mass is 16.5. The van der Waals surface area contributed by atoms with Crippen molar-refractivity contribution in [3.63, 3.8) is 0 Å². The molecule has 4 nitrogen and oxygen atoms in total. The predicted octanol–water partition coefficient (Wildman–Crippen LogP) is 2.65. The third-order valence-corrected chi connectivity index (χ3v) is 3.03. The van der Waals surface area contributed by atoms with Crippen molar-refractivity contribution in [1.29, 1.82) is 0 Å². The highest BCUT2D eigenvalue weighted by Gasteiger charge is 2.06. The van der Waals surface area contributed by atoms with Gasteiger partial charge in [-0.05, 0) is 39.5 Å². The number of imidazole rings is 1. The fraction of sp³-hybridized carbons (Fsp3) is 0.600. The minimum atomic E-state index is -0.328. The van der Waals surface area contributed by atoms with Gasteiger partial charge in [-0.2, -0.15) is 0 Å². The van der Waals surface area contributed by atoms with Gasteiger partial charge in [0.15, 0.2) is 0 Å². The molecule has 0 atom stereocenters. The standard InChI is InChI=1S/C15H25N2O2/c1-4-15(18)19-12-8-6-5-7-9-16-10-11-17(13-16)14(2)3/h4,10-11,13-14H,1,5-9,12H2,2-3H3/q+1. The number of carbonyl (C=O) groups is 1. The first-order valence-electron chi connectivity index (χ1n) is 6.99. The van der Waals surface area contributed by atoms with E-state index in [0.29, 0.717) is 12.6 Å². The molecule has 0 aliphatic carbocycles. The molecule has 0 bridgehead atoms. The summed E-state index contributed by atoms with van der Waals surface area (Å²) in [6, 6.07) is 0.515. The van der Waals surface area contributed by atoms with Crippen molar-refractivity contribution in [2.75, 3.05) is 6.61 Å². The van der Waals surface area contributed by atoms with Gasteiger partial charge in [-0.3, -0.25) is 0 Å². The number of carbonyl (C=O) groups excluding carboxylic acids is 1. The Labute approximate surface area is 115 Å². The molecule has 1 aromatic rings. The SMILES string of the molecule is C=CC(=O)OCCCCCC[n+]1ccn(C(C)C)c1. The van der Waals surface area contributed by atoms with Crippen molar-refractivity contribution >= 4 is 5.97 Å². The van der Waals surface area contributed by atoms with Gasteiger partial charge in [-0.25, -0.2) is 13.9 Å². The van der Waals surface area contributed by atoms with Crippen LogP contribution < -0.4 is 4.57 Å². The topological polar surface area (TPSA) is 35.1 Å². The molecule has 0 aromatic carbocycles. The molecule has 1 aromatic heterocycles. The van der Waals surface area contributed by atoms with Crippen LogP contribution >= 0.6 is 0 Å². The minimum absolute atomic E-state index is 0.328. The number of nitrogens with zero attached hydrogens (tertiary/aromatic N) is 2. The summed E-state index contributed by atoms with van der Waals surface area (Å²) < 4.78 is 9.34. The highest BCUT2D eigenvalue weighted by molar-refractivity contribution is 5.81. The first-order valence-corrected chi connectivity index (χ1v) is 6.99. The lowest BCUT2D eigenvalue weighted by Gasteiger charge is -2.02. The van der Waals surface area contributed by atoms with Crippen LogP contribution in [0.1, 0.15) is 45.6 Å². The van der Waals surface area contributed by atoms with Crippen molar-refractivity contribution in [2.45, 2.75) is 52.1 Å². The number of ether oxygens (including phenoxy) is 1. The van der Waals surface area contributed by atoms with Crippen LogP contribution in [-0.2, 0) is 16.1 Å². The van der Waals surface area contributed by atoms with E-state index in [1.807, 2.05) is 0 Å². The van der Waals surface area contributed by atoms with E-state index in [1.54, 1.807) is 0 Å². The first kappa shape index (κ1) is 15.5.